The Morgan fingerprint density at radius 2 is 1.91 bits per heavy atom. The third-order valence-electron chi connectivity index (χ3n) is 3.44. The SMILES string of the molecule is COc1ccc(C)cc1C(C)NC(=O)/C=C/c1ccccc1. The minimum Gasteiger partial charge on any atom is -0.496 e. The van der Waals surface area contributed by atoms with Crippen molar-refractivity contribution in [2.24, 2.45) is 0 Å². The minimum absolute atomic E-state index is 0.122. The average molecular weight is 295 g/mol. The van der Waals surface area contributed by atoms with E-state index in [-0.39, 0.29) is 11.9 Å². The van der Waals surface area contributed by atoms with Crippen molar-refractivity contribution in [3.63, 3.8) is 0 Å². The highest BCUT2D eigenvalue weighted by Gasteiger charge is 2.13. The van der Waals surface area contributed by atoms with E-state index in [0.29, 0.717) is 0 Å². The second kappa shape index (κ2) is 7.46. The fraction of sp³-hybridized carbons (Fsp3) is 0.211. The van der Waals surface area contributed by atoms with Crippen molar-refractivity contribution in [2.75, 3.05) is 7.11 Å². The Bertz CT molecular complexity index is 662. The summed E-state index contributed by atoms with van der Waals surface area (Å²) in [4.78, 5) is 12.0. The molecular formula is C19H21NO2. The third-order valence-corrected chi connectivity index (χ3v) is 3.44. The Balaban J connectivity index is 2.05. The molecule has 0 aromatic heterocycles. The summed E-state index contributed by atoms with van der Waals surface area (Å²) in [6.45, 7) is 3.97. The van der Waals surface area contributed by atoms with Gasteiger partial charge in [0.2, 0.25) is 5.91 Å². The van der Waals surface area contributed by atoms with Crippen molar-refractivity contribution in [3.8, 4) is 5.75 Å². The molecule has 1 N–H and O–H groups in total. The lowest BCUT2D eigenvalue weighted by Gasteiger charge is -2.17. The second-order valence-electron chi connectivity index (χ2n) is 5.22. The summed E-state index contributed by atoms with van der Waals surface area (Å²) in [5.74, 6) is 0.658. The Kier molecular flexibility index (Phi) is 5.37. The molecule has 0 fully saturated rings. The lowest BCUT2D eigenvalue weighted by molar-refractivity contribution is -0.117. The van der Waals surface area contributed by atoms with Crippen molar-refractivity contribution in [1.82, 2.24) is 5.32 Å². The van der Waals surface area contributed by atoms with Gasteiger partial charge in [-0.25, -0.2) is 0 Å². The Morgan fingerprint density at radius 1 is 1.18 bits per heavy atom. The van der Waals surface area contributed by atoms with Gasteiger partial charge in [0.25, 0.3) is 0 Å². The van der Waals surface area contributed by atoms with E-state index < -0.39 is 0 Å². The Labute approximate surface area is 131 Å². The number of hydrogen-bond acceptors (Lipinski definition) is 2. The normalized spacial score (nSPS) is 12.1. The molecule has 2 rings (SSSR count). The van der Waals surface area contributed by atoms with Crippen LogP contribution in [-0.4, -0.2) is 13.0 Å². The topological polar surface area (TPSA) is 38.3 Å². The molecule has 1 atom stereocenters. The van der Waals surface area contributed by atoms with Gasteiger partial charge >= 0.3 is 0 Å². The molecule has 0 aliphatic carbocycles. The van der Waals surface area contributed by atoms with Crippen LogP contribution in [0.15, 0.2) is 54.6 Å². The maximum Gasteiger partial charge on any atom is 0.244 e. The molecule has 0 saturated heterocycles. The molecule has 0 aliphatic rings. The highest BCUT2D eigenvalue weighted by molar-refractivity contribution is 5.92. The number of nitrogens with one attached hydrogen (secondary N) is 1. The van der Waals surface area contributed by atoms with Crippen LogP contribution in [0.25, 0.3) is 6.08 Å². The summed E-state index contributed by atoms with van der Waals surface area (Å²) in [6, 6.07) is 15.6. The third kappa shape index (κ3) is 4.22. The number of carbonyl (C=O) groups is 1. The highest BCUT2D eigenvalue weighted by Crippen LogP contribution is 2.25. The van der Waals surface area contributed by atoms with Gasteiger partial charge in [-0.05, 0) is 31.6 Å². The fourth-order valence-electron chi connectivity index (χ4n) is 2.27. The van der Waals surface area contributed by atoms with E-state index >= 15 is 0 Å². The molecule has 1 unspecified atom stereocenters. The van der Waals surface area contributed by atoms with Gasteiger partial charge in [-0.15, -0.1) is 0 Å². The predicted molar refractivity (Wildman–Crippen MR) is 89.8 cm³/mol. The average Bonchev–Trinajstić information content (AvgIpc) is 2.54. The van der Waals surface area contributed by atoms with Crippen LogP contribution in [0.2, 0.25) is 0 Å². The second-order valence-corrected chi connectivity index (χ2v) is 5.22. The molecule has 0 aliphatic heterocycles. The zero-order valence-electron chi connectivity index (χ0n) is 13.2. The lowest BCUT2D eigenvalue weighted by Crippen LogP contribution is -2.25. The zero-order chi connectivity index (χ0) is 15.9. The van der Waals surface area contributed by atoms with E-state index in [4.69, 9.17) is 4.74 Å². The first kappa shape index (κ1) is 15.8. The van der Waals surface area contributed by atoms with Crippen molar-refractivity contribution in [1.29, 1.82) is 0 Å². The van der Waals surface area contributed by atoms with Crippen LogP contribution in [0.1, 0.15) is 29.7 Å². The van der Waals surface area contributed by atoms with Crippen molar-refractivity contribution in [3.05, 3.63) is 71.3 Å². The molecule has 1 amide bonds. The van der Waals surface area contributed by atoms with Crippen molar-refractivity contribution >= 4 is 12.0 Å². The minimum atomic E-state index is -0.125. The highest BCUT2D eigenvalue weighted by atomic mass is 16.5. The maximum atomic E-state index is 12.0. The first-order chi connectivity index (χ1) is 10.6. The van der Waals surface area contributed by atoms with Gasteiger partial charge in [-0.3, -0.25) is 4.79 Å². The van der Waals surface area contributed by atoms with Crippen LogP contribution in [-0.2, 0) is 4.79 Å². The molecule has 0 bridgehead atoms. The van der Waals surface area contributed by atoms with Gasteiger partial charge in [0, 0.05) is 11.6 Å². The van der Waals surface area contributed by atoms with E-state index in [1.807, 2.05) is 62.4 Å². The fourth-order valence-corrected chi connectivity index (χ4v) is 2.27. The van der Waals surface area contributed by atoms with E-state index in [2.05, 4.69) is 5.32 Å². The number of aryl methyl sites for hydroxylation is 1. The molecule has 0 saturated carbocycles. The first-order valence-corrected chi connectivity index (χ1v) is 7.28. The van der Waals surface area contributed by atoms with E-state index in [1.54, 1.807) is 19.3 Å². The predicted octanol–water partition coefficient (Wildman–Crippen LogP) is 3.89. The molecule has 22 heavy (non-hydrogen) atoms. The molecular weight excluding hydrogens is 274 g/mol. The smallest absolute Gasteiger partial charge is 0.244 e. The van der Waals surface area contributed by atoms with Crippen LogP contribution >= 0.6 is 0 Å². The molecule has 0 spiro atoms. The number of ether oxygens (including phenoxy) is 1. The number of hydrogen-bond donors (Lipinski definition) is 1. The molecule has 0 heterocycles. The largest absolute Gasteiger partial charge is 0.496 e. The number of benzene rings is 2. The Morgan fingerprint density at radius 3 is 2.59 bits per heavy atom. The number of carbonyl (C=O) groups excluding carboxylic acids is 1. The van der Waals surface area contributed by atoms with Gasteiger partial charge in [0.1, 0.15) is 5.75 Å². The molecule has 2 aromatic rings. The quantitative estimate of drug-likeness (QED) is 0.850. The maximum absolute atomic E-state index is 12.0. The van der Waals surface area contributed by atoms with E-state index in [0.717, 1.165) is 22.4 Å². The molecule has 114 valence electrons. The van der Waals surface area contributed by atoms with Crippen LogP contribution in [0.3, 0.4) is 0 Å². The standard InChI is InChI=1S/C19H21NO2/c1-14-9-11-18(22-3)17(13-14)15(2)20-19(21)12-10-16-7-5-4-6-8-16/h4-13,15H,1-3H3,(H,20,21)/b12-10+. The summed E-state index contributed by atoms with van der Waals surface area (Å²) in [7, 11) is 1.64. The monoisotopic (exact) mass is 295 g/mol. The molecule has 2 aromatic carbocycles. The van der Waals surface area contributed by atoms with Crippen LogP contribution in [0, 0.1) is 6.92 Å². The summed E-state index contributed by atoms with van der Waals surface area (Å²) in [5.41, 5.74) is 3.11. The van der Waals surface area contributed by atoms with Crippen LogP contribution < -0.4 is 10.1 Å². The summed E-state index contributed by atoms with van der Waals surface area (Å²) in [6.07, 6.45) is 3.35. The number of amides is 1. The number of rotatable bonds is 5. The van der Waals surface area contributed by atoms with Gasteiger partial charge in [0.15, 0.2) is 0 Å². The van der Waals surface area contributed by atoms with E-state index in [9.17, 15) is 4.79 Å². The van der Waals surface area contributed by atoms with Crippen molar-refractivity contribution < 1.29 is 9.53 Å². The van der Waals surface area contributed by atoms with Gasteiger partial charge in [-0.1, -0.05) is 48.0 Å². The summed E-state index contributed by atoms with van der Waals surface area (Å²) >= 11 is 0. The zero-order valence-corrected chi connectivity index (χ0v) is 13.2. The van der Waals surface area contributed by atoms with Crippen LogP contribution in [0.5, 0.6) is 5.75 Å². The lowest BCUT2D eigenvalue weighted by atomic mass is 10.0. The number of methoxy groups -OCH3 is 1. The molecule has 3 nitrogen and oxygen atoms in total. The molecule has 3 heteroatoms. The summed E-state index contributed by atoms with van der Waals surface area (Å²) in [5, 5.41) is 2.96. The van der Waals surface area contributed by atoms with E-state index in [1.165, 1.54) is 0 Å². The van der Waals surface area contributed by atoms with Crippen LogP contribution in [0.4, 0.5) is 0 Å². The summed E-state index contributed by atoms with van der Waals surface area (Å²) < 4.78 is 5.36. The van der Waals surface area contributed by atoms with Crippen molar-refractivity contribution in [2.45, 2.75) is 19.9 Å². The van der Waals surface area contributed by atoms with Gasteiger partial charge in [-0.2, -0.15) is 0 Å². The first-order valence-electron chi connectivity index (χ1n) is 7.28. The van der Waals surface area contributed by atoms with Gasteiger partial charge in [0.05, 0.1) is 13.2 Å². The van der Waals surface area contributed by atoms with Gasteiger partial charge < -0.3 is 10.1 Å². The molecule has 0 radical (unpaired) electrons. The Hall–Kier alpha value is -2.55.